The molecule has 0 aliphatic rings. The van der Waals surface area contributed by atoms with Crippen molar-refractivity contribution in [2.75, 3.05) is 11.9 Å². The maximum Gasteiger partial charge on any atom is 0.227 e. The van der Waals surface area contributed by atoms with Crippen molar-refractivity contribution in [1.82, 2.24) is 0 Å². The molecule has 1 N–H and O–H groups in total. The number of ether oxygens (including phenoxy) is 1. The lowest BCUT2D eigenvalue weighted by Crippen LogP contribution is -2.17. The number of rotatable bonds is 7. The topological polar surface area (TPSA) is 38.3 Å². The Kier molecular flexibility index (Phi) is 6.01. The van der Waals surface area contributed by atoms with Crippen molar-refractivity contribution >= 4 is 11.6 Å². The molecular formula is C19H23NO2. The first kappa shape index (κ1) is 16.1. The van der Waals surface area contributed by atoms with E-state index in [2.05, 4.69) is 31.3 Å². The Morgan fingerprint density at radius 3 is 2.18 bits per heavy atom. The van der Waals surface area contributed by atoms with Crippen LogP contribution in [-0.2, 0) is 17.6 Å². The Morgan fingerprint density at radius 1 is 0.955 bits per heavy atom. The highest BCUT2D eigenvalue weighted by atomic mass is 16.5. The molecule has 0 radical (unpaired) electrons. The smallest absolute Gasteiger partial charge is 0.227 e. The average molecular weight is 297 g/mol. The summed E-state index contributed by atoms with van der Waals surface area (Å²) >= 11 is 0. The summed E-state index contributed by atoms with van der Waals surface area (Å²) in [4.78, 5) is 12.1. The van der Waals surface area contributed by atoms with Crippen LogP contribution in [0.15, 0.2) is 48.5 Å². The van der Waals surface area contributed by atoms with E-state index in [4.69, 9.17) is 4.74 Å². The van der Waals surface area contributed by atoms with Gasteiger partial charge in [0.2, 0.25) is 5.91 Å². The molecule has 3 nitrogen and oxygen atoms in total. The second kappa shape index (κ2) is 8.23. The van der Waals surface area contributed by atoms with E-state index < -0.39 is 0 Å². The highest BCUT2D eigenvalue weighted by molar-refractivity contribution is 5.92. The molecule has 0 spiro atoms. The van der Waals surface area contributed by atoms with Crippen LogP contribution in [0.1, 0.15) is 31.4 Å². The number of para-hydroxylation sites is 2. The predicted molar refractivity (Wildman–Crippen MR) is 90.4 cm³/mol. The minimum atomic E-state index is -0.00784. The van der Waals surface area contributed by atoms with Crippen LogP contribution in [0.2, 0.25) is 0 Å². The van der Waals surface area contributed by atoms with Crippen LogP contribution in [-0.4, -0.2) is 12.5 Å². The van der Waals surface area contributed by atoms with E-state index in [0.717, 1.165) is 24.3 Å². The minimum Gasteiger partial charge on any atom is -0.493 e. The van der Waals surface area contributed by atoms with E-state index in [0.29, 0.717) is 13.0 Å². The van der Waals surface area contributed by atoms with Gasteiger partial charge in [0.25, 0.3) is 0 Å². The fourth-order valence-corrected chi connectivity index (χ4v) is 2.38. The van der Waals surface area contributed by atoms with Gasteiger partial charge in [-0.1, -0.05) is 50.2 Å². The van der Waals surface area contributed by atoms with Gasteiger partial charge in [0, 0.05) is 5.69 Å². The second-order valence-electron chi connectivity index (χ2n) is 5.12. The zero-order chi connectivity index (χ0) is 15.8. The number of benzene rings is 2. The summed E-state index contributed by atoms with van der Waals surface area (Å²) in [6, 6.07) is 15.7. The SMILES string of the molecule is CCc1cccc(CC)c1NC(=O)CCOc1ccccc1. The largest absolute Gasteiger partial charge is 0.493 e. The Hall–Kier alpha value is -2.29. The van der Waals surface area contributed by atoms with Crippen LogP contribution >= 0.6 is 0 Å². The highest BCUT2D eigenvalue weighted by Crippen LogP contribution is 2.22. The van der Waals surface area contributed by atoms with Crippen LogP contribution in [0, 0.1) is 0 Å². The van der Waals surface area contributed by atoms with Gasteiger partial charge < -0.3 is 10.1 Å². The predicted octanol–water partition coefficient (Wildman–Crippen LogP) is 4.22. The van der Waals surface area contributed by atoms with E-state index in [9.17, 15) is 4.79 Å². The van der Waals surface area contributed by atoms with Gasteiger partial charge in [-0.3, -0.25) is 4.79 Å². The number of carbonyl (C=O) groups excluding carboxylic acids is 1. The summed E-state index contributed by atoms with van der Waals surface area (Å²) in [5.74, 6) is 0.782. The number of carbonyl (C=O) groups is 1. The number of nitrogens with one attached hydrogen (secondary N) is 1. The molecule has 0 bridgehead atoms. The number of hydrogen-bond donors (Lipinski definition) is 1. The third-order valence-corrected chi connectivity index (χ3v) is 3.60. The van der Waals surface area contributed by atoms with Crippen molar-refractivity contribution in [1.29, 1.82) is 0 Å². The summed E-state index contributed by atoms with van der Waals surface area (Å²) in [6.45, 7) is 4.58. The summed E-state index contributed by atoms with van der Waals surface area (Å²) in [5.41, 5.74) is 3.32. The molecule has 1 amide bonds. The van der Waals surface area contributed by atoms with Crippen LogP contribution < -0.4 is 10.1 Å². The maximum absolute atomic E-state index is 12.1. The lowest BCUT2D eigenvalue weighted by Gasteiger charge is -2.14. The Morgan fingerprint density at radius 2 is 1.59 bits per heavy atom. The van der Waals surface area contributed by atoms with Crippen molar-refractivity contribution in [3.05, 3.63) is 59.7 Å². The summed E-state index contributed by atoms with van der Waals surface area (Å²) in [7, 11) is 0. The second-order valence-corrected chi connectivity index (χ2v) is 5.12. The van der Waals surface area contributed by atoms with Gasteiger partial charge in [0.05, 0.1) is 13.0 Å². The normalized spacial score (nSPS) is 10.3. The molecule has 0 unspecified atom stereocenters. The third kappa shape index (κ3) is 4.35. The first-order chi connectivity index (χ1) is 10.7. The lowest BCUT2D eigenvalue weighted by molar-refractivity contribution is -0.116. The summed E-state index contributed by atoms with van der Waals surface area (Å²) < 4.78 is 5.57. The third-order valence-electron chi connectivity index (χ3n) is 3.60. The monoisotopic (exact) mass is 297 g/mol. The maximum atomic E-state index is 12.1. The molecule has 22 heavy (non-hydrogen) atoms. The number of amides is 1. The zero-order valence-electron chi connectivity index (χ0n) is 13.3. The van der Waals surface area contributed by atoms with Crippen molar-refractivity contribution in [3.8, 4) is 5.75 Å². The molecule has 0 fully saturated rings. The molecule has 2 aromatic carbocycles. The van der Waals surface area contributed by atoms with Crippen molar-refractivity contribution < 1.29 is 9.53 Å². The van der Waals surface area contributed by atoms with Gasteiger partial charge in [0.15, 0.2) is 0 Å². The summed E-state index contributed by atoms with van der Waals surface area (Å²) in [6.07, 6.45) is 2.16. The summed E-state index contributed by atoms with van der Waals surface area (Å²) in [5, 5.41) is 3.05. The quantitative estimate of drug-likeness (QED) is 0.831. The van der Waals surface area contributed by atoms with Gasteiger partial charge in [0.1, 0.15) is 5.75 Å². The highest BCUT2D eigenvalue weighted by Gasteiger charge is 2.10. The molecule has 3 heteroatoms. The van der Waals surface area contributed by atoms with Crippen molar-refractivity contribution in [2.45, 2.75) is 33.1 Å². The van der Waals surface area contributed by atoms with Gasteiger partial charge in [-0.25, -0.2) is 0 Å². The molecular weight excluding hydrogens is 274 g/mol. The molecule has 0 aromatic heterocycles. The molecule has 0 saturated heterocycles. The Bertz CT molecular complexity index is 586. The Labute approximate surface area is 132 Å². The molecule has 0 atom stereocenters. The first-order valence-electron chi connectivity index (χ1n) is 7.83. The van der Waals surface area contributed by atoms with Crippen LogP contribution in [0.3, 0.4) is 0 Å². The standard InChI is InChI=1S/C19H23NO2/c1-3-15-9-8-10-16(4-2)19(15)20-18(21)13-14-22-17-11-6-5-7-12-17/h5-12H,3-4,13-14H2,1-2H3,(H,20,21). The van der Waals surface area contributed by atoms with E-state index in [1.165, 1.54) is 11.1 Å². The molecule has 2 rings (SSSR count). The fourth-order valence-electron chi connectivity index (χ4n) is 2.38. The zero-order valence-corrected chi connectivity index (χ0v) is 13.3. The van der Waals surface area contributed by atoms with Gasteiger partial charge in [-0.05, 0) is 36.1 Å². The molecule has 0 aliphatic heterocycles. The van der Waals surface area contributed by atoms with Gasteiger partial charge in [-0.2, -0.15) is 0 Å². The van der Waals surface area contributed by atoms with Gasteiger partial charge >= 0.3 is 0 Å². The number of anilines is 1. The van der Waals surface area contributed by atoms with E-state index in [1.54, 1.807) is 0 Å². The molecule has 0 heterocycles. The molecule has 0 aliphatic carbocycles. The molecule has 0 saturated carbocycles. The average Bonchev–Trinajstić information content (AvgIpc) is 2.56. The van der Waals surface area contributed by atoms with Gasteiger partial charge in [-0.15, -0.1) is 0 Å². The van der Waals surface area contributed by atoms with Crippen LogP contribution in [0.25, 0.3) is 0 Å². The number of aryl methyl sites for hydroxylation is 2. The lowest BCUT2D eigenvalue weighted by atomic mass is 10.0. The number of hydrogen-bond acceptors (Lipinski definition) is 2. The van der Waals surface area contributed by atoms with E-state index >= 15 is 0 Å². The van der Waals surface area contributed by atoms with E-state index in [-0.39, 0.29) is 5.91 Å². The molecule has 116 valence electrons. The van der Waals surface area contributed by atoms with Crippen molar-refractivity contribution in [3.63, 3.8) is 0 Å². The van der Waals surface area contributed by atoms with Crippen LogP contribution in [0.5, 0.6) is 5.75 Å². The van der Waals surface area contributed by atoms with E-state index in [1.807, 2.05) is 36.4 Å². The first-order valence-corrected chi connectivity index (χ1v) is 7.83. The van der Waals surface area contributed by atoms with Crippen molar-refractivity contribution in [2.24, 2.45) is 0 Å². The fraction of sp³-hybridized carbons (Fsp3) is 0.316. The molecule has 2 aromatic rings. The Balaban J connectivity index is 1.92. The van der Waals surface area contributed by atoms with Crippen LogP contribution in [0.4, 0.5) is 5.69 Å². The minimum absolute atomic E-state index is 0.00784.